The third kappa shape index (κ3) is 4.85. The Bertz CT molecular complexity index is 883. The molecule has 1 fully saturated rings. The Morgan fingerprint density at radius 1 is 1.07 bits per heavy atom. The van der Waals surface area contributed by atoms with Gasteiger partial charge in [-0.15, -0.1) is 0 Å². The molecule has 8 nitrogen and oxygen atoms in total. The van der Waals surface area contributed by atoms with Crippen LogP contribution >= 0.6 is 11.6 Å². The summed E-state index contributed by atoms with van der Waals surface area (Å²) in [6.07, 6.45) is 0. The van der Waals surface area contributed by atoms with Crippen LogP contribution in [0.15, 0.2) is 48.5 Å². The molecule has 1 heterocycles. The monoisotopic (exact) mass is 402 g/mol. The van der Waals surface area contributed by atoms with Gasteiger partial charge in [-0.2, -0.15) is 0 Å². The lowest BCUT2D eigenvalue weighted by molar-refractivity contribution is -0.384. The van der Waals surface area contributed by atoms with Crippen LogP contribution in [0.4, 0.5) is 11.4 Å². The zero-order valence-electron chi connectivity index (χ0n) is 15.0. The maximum Gasteiger partial charge on any atom is 0.313 e. The summed E-state index contributed by atoms with van der Waals surface area (Å²) in [6.45, 7) is 3.02. The molecule has 0 bridgehead atoms. The van der Waals surface area contributed by atoms with Crippen molar-refractivity contribution < 1.29 is 14.5 Å². The van der Waals surface area contributed by atoms with Crippen molar-refractivity contribution in [1.29, 1.82) is 0 Å². The largest absolute Gasteiger partial charge is 0.332 e. The van der Waals surface area contributed by atoms with Crippen molar-refractivity contribution in [1.82, 2.24) is 9.80 Å². The molecule has 0 aromatic heterocycles. The number of halogens is 1. The quantitative estimate of drug-likeness (QED) is 0.481. The second-order valence-corrected chi connectivity index (χ2v) is 6.84. The number of nitrogens with zero attached hydrogens (tertiary/aromatic N) is 3. The van der Waals surface area contributed by atoms with E-state index >= 15 is 0 Å². The number of hydrogen-bond donors (Lipinski definition) is 1. The Labute approximate surface area is 166 Å². The Kier molecular flexibility index (Phi) is 6.23. The molecule has 1 aliphatic rings. The average Bonchev–Trinajstić information content (AvgIpc) is 2.70. The minimum atomic E-state index is -0.826. The summed E-state index contributed by atoms with van der Waals surface area (Å²) >= 11 is 5.75. The molecule has 0 saturated carbocycles. The van der Waals surface area contributed by atoms with Crippen LogP contribution in [0.25, 0.3) is 0 Å². The van der Waals surface area contributed by atoms with Gasteiger partial charge in [0.25, 0.3) is 5.69 Å². The summed E-state index contributed by atoms with van der Waals surface area (Å²) in [5.41, 5.74) is 1.02. The van der Waals surface area contributed by atoms with Gasteiger partial charge in [-0.1, -0.05) is 41.9 Å². The molecule has 0 spiro atoms. The second-order valence-electron chi connectivity index (χ2n) is 6.43. The number of nitrogens with one attached hydrogen (secondary N) is 1. The number of amides is 2. The molecule has 0 unspecified atom stereocenters. The third-order valence-corrected chi connectivity index (χ3v) is 4.82. The van der Waals surface area contributed by atoms with Crippen LogP contribution in [-0.2, 0) is 16.1 Å². The average molecular weight is 403 g/mol. The predicted molar refractivity (Wildman–Crippen MR) is 105 cm³/mol. The first-order valence-corrected chi connectivity index (χ1v) is 9.12. The molecular formula is C19H19ClN4O4. The molecule has 28 heavy (non-hydrogen) atoms. The fourth-order valence-corrected chi connectivity index (χ4v) is 3.20. The first-order valence-electron chi connectivity index (χ1n) is 8.74. The van der Waals surface area contributed by atoms with E-state index in [0.29, 0.717) is 26.2 Å². The van der Waals surface area contributed by atoms with Gasteiger partial charge in [0.15, 0.2) is 0 Å². The van der Waals surface area contributed by atoms with Gasteiger partial charge in [-0.05, 0) is 17.7 Å². The van der Waals surface area contributed by atoms with E-state index in [-0.39, 0.29) is 16.4 Å². The number of benzene rings is 2. The number of anilines is 1. The summed E-state index contributed by atoms with van der Waals surface area (Å²) in [7, 11) is 0. The second kappa shape index (κ2) is 8.81. The molecule has 2 aromatic rings. The zero-order chi connectivity index (χ0) is 20.1. The summed E-state index contributed by atoms with van der Waals surface area (Å²) in [5.74, 6) is -1.48. The van der Waals surface area contributed by atoms with Crippen LogP contribution < -0.4 is 5.32 Å². The summed E-state index contributed by atoms with van der Waals surface area (Å²) in [4.78, 5) is 38.6. The molecule has 0 aliphatic carbocycles. The van der Waals surface area contributed by atoms with E-state index in [9.17, 15) is 19.7 Å². The van der Waals surface area contributed by atoms with Crippen LogP contribution in [0.2, 0.25) is 5.02 Å². The molecule has 1 aliphatic heterocycles. The Balaban J connectivity index is 1.54. The third-order valence-electron chi connectivity index (χ3n) is 4.50. The number of hydrogen-bond acceptors (Lipinski definition) is 5. The van der Waals surface area contributed by atoms with Gasteiger partial charge in [0.05, 0.1) is 4.92 Å². The SMILES string of the molecule is O=C(Nc1ccc(Cl)c([N+](=O)[O-])c1)C(=O)N1CCN(Cc2ccccc2)CC1. The number of nitro benzene ring substituents is 1. The van der Waals surface area contributed by atoms with E-state index < -0.39 is 16.7 Å². The van der Waals surface area contributed by atoms with Crippen molar-refractivity contribution >= 4 is 34.8 Å². The van der Waals surface area contributed by atoms with Crippen molar-refractivity contribution in [2.45, 2.75) is 6.54 Å². The van der Waals surface area contributed by atoms with Crippen molar-refractivity contribution in [3.05, 3.63) is 69.2 Å². The van der Waals surface area contributed by atoms with E-state index in [1.807, 2.05) is 18.2 Å². The Hall–Kier alpha value is -2.97. The summed E-state index contributed by atoms with van der Waals surface area (Å²) in [6, 6.07) is 13.9. The molecule has 1 N–H and O–H groups in total. The van der Waals surface area contributed by atoms with E-state index in [1.165, 1.54) is 22.6 Å². The lowest BCUT2D eigenvalue weighted by Gasteiger charge is -2.34. The minimum absolute atomic E-state index is 0.0381. The number of piperazine rings is 1. The lowest BCUT2D eigenvalue weighted by atomic mass is 10.2. The van der Waals surface area contributed by atoms with Gasteiger partial charge >= 0.3 is 11.8 Å². The van der Waals surface area contributed by atoms with Crippen molar-refractivity contribution in [2.24, 2.45) is 0 Å². The molecule has 9 heteroatoms. The fourth-order valence-electron chi connectivity index (χ4n) is 3.01. The number of rotatable bonds is 4. The van der Waals surface area contributed by atoms with Gasteiger partial charge in [0.1, 0.15) is 5.02 Å². The molecular weight excluding hydrogens is 384 g/mol. The number of carbonyl (C=O) groups excluding carboxylic acids is 2. The van der Waals surface area contributed by atoms with Crippen molar-refractivity contribution in [3.8, 4) is 0 Å². The highest BCUT2D eigenvalue weighted by molar-refractivity contribution is 6.39. The zero-order valence-corrected chi connectivity index (χ0v) is 15.8. The molecule has 3 rings (SSSR count). The van der Waals surface area contributed by atoms with E-state index in [2.05, 4.69) is 22.3 Å². The fraction of sp³-hybridized carbons (Fsp3) is 0.263. The highest BCUT2D eigenvalue weighted by Gasteiger charge is 2.26. The highest BCUT2D eigenvalue weighted by atomic mass is 35.5. The number of carbonyl (C=O) groups is 2. The first-order chi connectivity index (χ1) is 13.4. The molecule has 0 radical (unpaired) electrons. The van der Waals surface area contributed by atoms with E-state index in [1.54, 1.807) is 0 Å². The van der Waals surface area contributed by atoms with Gasteiger partial charge in [0.2, 0.25) is 0 Å². The smallest absolute Gasteiger partial charge is 0.313 e. The van der Waals surface area contributed by atoms with Crippen molar-refractivity contribution in [3.63, 3.8) is 0 Å². The van der Waals surface area contributed by atoms with Crippen molar-refractivity contribution in [2.75, 3.05) is 31.5 Å². The molecule has 2 amide bonds. The van der Waals surface area contributed by atoms with Crippen LogP contribution in [0.1, 0.15) is 5.56 Å². The maximum absolute atomic E-state index is 12.4. The van der Waals surface area contributed by atoms with E-state index in [0.717, 1.165) is 12.6 Å². The normalized spacial score (nSPS) is 14.5. The first kappa shape index (κ1) is 19.8. The van der Waals surface area contributed by atoms with Gasteiger partial charge in [0, 0.05) is 44.5 Å². The topological polar surface area (TPSA) is 95.8 Å². The Morgan fingerprint density at radius 2 is 1.75 bits per heavy atom. The van der Waals surface area contributed by atoms with Gasteiger partial charge < -0.3 is 10.2 Å². The molecule has 1 saturated heterocycles. The standard InChI is InChI=1S/C19H19ClN4O4/c20-16-7-6-15(12-17(16)24(27)28)21-18(25)19(26)23-10-8-22(9-11-23)13-14-4-2-1-3-5-14/h1-7,12H,8-11,13H2,(H,21,25). The minimum Gasteiger partial charge on any atom is -0.332 e. The van der Waals surface area contributed by atoms with Crippen LogP contribution in [-0.4, -0.2) is 52.7 Å². The predicted octanol–water partition coefficient (Wildman–Crippen LogP) is 2.53. The van der Waals surface area contributed by atoms with Crippen LogP contribution in [0.3, 0.4) is 0 Å². The lowest BCUT2D eigenvalue weighted by Crippen LogP contribution is -2.51. The van der Waals surface area contributed by atoms with Gasteiger partial charge in [-0.25, -0.2) is 0 Å². The molecule has 2 aromatic carbocycles. The maximum atomic E-state index is 12.4. The molecule has 146 valence electrons. The highest BCUT2D eigenvalue weighted by Crippen LogP contribution is 2.27. The molecule has 0 atom stereocenters. The Morgan fingerprint density at radius 3 is 2.39 bits per heavy atom. The van der Waals surface area contributed by atoms with E-state index in [4.69, 9.17) is 11.6 Å². The number of nitro groups is 1. The summed E-state index contributed by atoms with van der Waals surface area (Å²) < 4.78 is 0. The van der Waals surface area contributed by atoms with Crippen LogP contribution in [0.5, 0.6) is 0 Å². The van der Waals surface area contributed by atoms with Crippen LogP contribution in [0, 0.1) is 10.1 Å². The summed E-state index contributed by atoms with van der Waals surface area (Å²) in [5, 5.41) is 13.3. The van der Waals surface area contributed by atoms with Gasteiger partial charge in [-0.3, -0.25) is 24.6 Å².